The zero-order valence-electron chi connectivity index (χ0n) is 10.6. The highest BCUT2D eigenvalue weighted by molar-refractivity contribution is 5.84. The third-order valence-electron chi connectivity index (χ3n) is 2.73. The summed E-state index contributed by atoms with van der Waals surface area (Å²) < 4.78 is 0. The molecule has 1 amide bonds. The Morgan fingerprint density at radius 2 is 1.94 bits per heavy atom. The molecule has 0 aliphatic heterocycles. The lowest BCUT2D eigenvalue weighted by Gasteiger charge is -2.20. The molecular weight excluding hydrogens is 204 g/mol. The zero-order valence-corrected chi connectivity index (χ0v) is 10.6. The van der Waals surface area contributed by atoms with Gasteiger partial charge in [0.25, 0.3) is 0 Å². The third kappa shape index (κ3) is 5.26. The van der Waals surface area contributed by atoms with Gasteiger partial charge in [0.1, 0.15) is 0 Å². The summed E-state index contributed by atoms with van der Waals surface area (Å²) in [6, 6.07) is -1.09. The number of amides is 1. The number of nitrogens with one attached hydrogen (secondary N) is 1. The van der Waals surface area contributed by atoms with E-state index in [0.29, 0.717) is 12.3 Å². The molecule has 0 bridgehead atoms. The molecule has 0 spiro atoms. The lowest BCUT2D eigenvalue weighted by Crippen LogP contribution is -2.49. The van der Waals surface area contributed by atoms with Gasteiger partial charge in [-0.1, -0.05) is 34.1 Å². The molecule has 16 heavy (non-hydrogen) atoms. The molecule has 0 heterocycles. The van der Waals surface area contributed by atoms with E-state index in [-0.39, 0.29) is 11.8 Å². The molecule has 0 saturated heterocycles. The van der Waals surface area contributed by atoms with E-state index < -0.39 is 12.1 Å². The average Bonchev–Trinajstić information content (AvgIpc) is 2.25. The predicted octanol–water partition coefficient (Wildman–Crippen LogP) is 1.00. The third-order valence-corrected chi connectivity index (χ3v) is 2.73. The van der Waals surface area contributed by atoms with Gasteiger partial charge < -0.3 is 11.1 Å². The molecule has 0 aromatic rings. The summed E-state index contributed by atoms with van der Waals surface area (Å²) in [7, 11) is 0. The molecule has 3 atom stereocenters. The van der Waals surface area contributed by atoms with Crippen molar-refractivity contribution in [3.8, 4) is 0 Å². The average molecular weight is 227 g/mol. The number of carbonyl (C=O) groups is 1. The number of nitrogens with two attached hydrogens (primary N) is 1. The van der Waals surface area contributed by atoms with Gasteiger partial charge in [-0.05, 0) is 18.3 Å². The fourth-order valence-electron chi connectivity index (χ4n) is 1.39. The lowest BCUT2D eigenvalue weighted by atomic mass is 9.98. The maximum Gasteiger partial charge on any atom is 0.237 e. The van der Waals surface area contributed by atoms with Gasteiger partial charge in [-0.15, -0.1) is 0 Å². The van der Waals surface area contributed by atoms with Crippen molar-refractivity contribution in [3.63, 3.8) is 0 Å². The van der Waals surface area contributed by atoms with E-state index in [1.165, 1.54) is 0 Å². The molecular formula is C12H23N2O2. The Labute approximate surface area is 98.0 Å². The molecule has 0 aromatic heterocycles. The Balaban J connectivity index is 4.24. The van der Waals surface area contributed by atoms with Gasteiger partial charge in [0.2, 0.25) is 12.2 Å². The maximum absolute atomic E-state index is 11.7. The molecule has 0 aromatic carbocycles. The van der Waals surface area contributed by atoms with Gasteiger partial charge >= 0.3 is 0 Å². The van der Waals surface area contributed by atoms with Crippen molar-refractivity contribution in [2.45, 2.75) is 52.6 Å². The minimum absolute atomic E-state index is 0.117. The van der Waals surface area contributed by atoms with Gasteiger partial charge in [-0.2, -0.15) is 0 Å². The summed E-state index contributed by atoms with van der Waals surface area (Å²) in [6.07, 6.45) is 3.28. The van der Waals surface area contributed by atoms with E-state index in [4.69, 9.17) is 5.73 Å². The number of hydrogen-bond acceptors (Lipinski definition) is 3. The van der Waals surface area contributed by atoms with E-state index in [1.54, 1.807) is 0 Å². The maximum atomic E-state index is 11.7. The summed E-state index contributed by atoms with van der Waals surface area (Å²) in [6.45, 7) is 7.89. The predicted molar refractivity (Wildman–Crippen MR) is 64.5 cm³/mol. The summed E-state index contributed by atoms with van der Waals surface area (Å²) in [5.41, 5.74) is 5.76. The van der Waals surface area contributed by atoms with Crippen molar-refractivity contribution in [2.24, 2.45) is 17.6 Å². The molecule has 0 aliphatic rings. The van der Waals surface area contributed by atoms with Crippen molar-refractivity contribution >= 4 is 12.2 Å². The minimum atomic E-state index is -0.548. The van der Waals surface area contributed by atoms with Crippen molar-refractivity contribution in [3.05, 3.63) is 0 Å². The van der Waals surface area contributed by atoms with Crippen LogP contribution in [0.3, 0.4) is 0 Å². The molecule has 3 N–H and O–H groups in total. The van der Waals surface area contributed by atoms with Crippen LogP contribution in [0.15, 0.2) is 0 Å². The van der Waals surface area contributed by atoms with E-state index in [1.807, 2.05) is 34.0 Å². The first kappa shape index (κ1) is 15.1. The Kier molecular flexibility index (Phi) is 6.97. The van der Waals surface area contributed by atoms with Gasteiger partial charge in [0.15, 0.2) is 0 Å². The number of rotatable bonds is 7. The highest BCUT2D eigenvalue weighted by atomic mass is 16.2. The first-order chi connectivity index (χ1) is 7.42. The first-order valence-corrected chi connectivity index (χ1v) is 5.85. The monoisotopic (exact) mass is 227 g/mol. The fraction of sp³-hybridized carbons (Fsp3) is 0.833. The van der Waals surface area contributed by atoms with Gasteiger partial charge in [-0.3, -0.25) is 9.59 Å². The molecule has 0 fully saturated rings. The van der Waals surface area contributed by atoms with Crippen LogP contribution in [0.1, 0.15) is 40.5 Å². The van der Waals surface area contributed by atoms with Gasteiger partial charge in [0.05, 0.1) is 12.1 Å². The van der Waals surface area contributed by atoms with E-state index >= 15 is 0 Å². The molecule has 93 valence electrons. The first-order valence-electron chi connectivity index (χ1n) is 5.85. The molecule has 4 nitrogen and oxygen atoms in total. The van der Waals surface area contributed by atoms with Crippen LogP contribution in [0.4, 0.5) is 0 Å². The summed E-state index contributed by atoms with van der Waals surface area (Å²) >= 11 is 0. The molecule has 4 heteroatoms. The van der Waals surface area contributed by atoms with Crippen LogP contribution in [0.2, 0.25) is 0 Å². The van der Waals surface area contributed by atoms with Crippen molar-refractivity contribution < 1.29 is 9.59 Å². The van der Waals surface area contributed by atoms with Crippen LogP contribution in [-0.4, -0.2) is 24.3 Å². The van der Waals surface area contributed by atoms with Crippen LogP contribution in [-0.2, 0) is 9.59 Å². The van der Waals surface area contributed by atoms with Gasteiger partial charge in [0, 0.05) is 0 Å². The van der Waals surface area contributed by atoms with E-state index in [9.17, 15) is 9.59 Å². The second-order valence-corrected chi connectivity index (χ2v) is 4.72. The Hall–Kier alpha value is -0.900. The van der Waals surface area contributed by atoms with Crippen molar-refractivity contribution in [1.29, 1.82) is 0 Å². The Morgan fingerprint density at radius 3 is 2.31 bits per heavy atom. The Bertz CT molecular complexity index is 229. The van der Waals surface area contributed by atoms with Crippen LogP contribution in [0, 0.1) is 11.8 Å². The molecule has 0 rings (SSSR count). The van der Waals surface area contributed by atoms with E-state index in [0.717, 1.165) is 6.42 Å². The van der Waals surface area contributed by atoms with Crippen LogP contribution >= 0.6 is 0 Å². The normalized spacial score (nSPS) is 16.6. The highest BCUT2D eigenvalue weighted by Gasteiger charge is 2.22. The van der Waals surface area contributed by atoms with Crippen LogP contribution < -0.4 is 11.1 Å². The quantitative estimate of drug-likeness (QED) is 0.681. The fourth-order valence-corrected chi connectivity index (χ4v) is 1.39. The SMILES string of the molecule is CC[C@H](C)[C@H](N)C(=O)N[C@H]([C]=O)CC(C)C. The van der Waals surface area contributed by atoms with E-state index in [2.05, 4.69) is 5.32 Å². The molecule has 0 saturated carbocycles. The highest BCUT2D eigenvalue weighted by Crippen LogP contribution is 2.07. The summed E-state index contributed by atoms with van der Waals surface area (Å²) in [5.74, 6) is 0.196. The Morgan fingerprint density at radius 1 is 1.38 bits per heavy atom. The summed E-state index contributed by atoms with van der Waals surface area (Å²) in [5, 5.41) is 2.63. The second-order valence-electron chi connectivity index (χ2n) is 4.72. The largest absolute Gasteiger partial charge is 0.344 e. The molecule has 1 radical (unpaired) electrons. The van der Waals surface area contributed by atoms with Crippen LogP contribution in [0.25, 0.3) is 0 Å². The van der Waals surface area contributed by atoms with Crippen molar-refractivity contribution in [1.82, 2.24) is 5.32 Å². The molecule has 0 unspecified atom stereocenters. The number of carbonyl (C=O) groups excluding carboxylic acids is 2. The lowest BCUT2D eigenvalue weighted by molar-refractivity contribution is -0.123. The molecule has 0 aliphatic carbocycles. The summed E-state index contributed by atoms with van der Waals surface area (Å²) in [4.78, 5) is 22.3. The number of hydrogen-bond donors (Lipinski definition) is 2. The second kappa shape index (κ2) is 7.39. The standard InChI is InChI=1S/C12H23N2O2/c1-5-9(4)11(13)12(16)14-10(7-15)6-8(2)3/h8-11H,5-6,13H2,1-4H3,(H,14,16)/t9-,10-,11-/m0/s1. The topological polar surface area (TPSA) is 72.2 Å². The van der Waals surface area contributed by atoms with Crippen molar-refractivity contribution in [2.75, 3.05) is 0 Å². The zero-order chi connectivity index (χ0) is 12.7. The minimum Gasteiger partial charge on any atom is -0.344 e. The van der Waals surface area contributed by atoms with Crippen LogP contribution in [0.5, 0.6) is 0 Å². The van der Waals surface area contributed by atoms with Gasteiger partial charge in [-0.25, -0.2) is 0 Å². The smallest absolute Gasteiger partial charge is 0.237 e.